The maximum atomic E-state index is 11.5. The summed E-state index contributed by atoms with van der Waals surface area (Å²) in [6.07, 6.45) is 1.09. The zero-order valence-electron chi connectivity index (χ0n) is 17.8. The Morgan fingerprint density at radius 3 is 2.35 bits per heavy atom. The summed E-state index contributed by atoms with van der Waals surface area (Å²) in [5.41, 5.74) is 2.96. The maximum Gasteiger partial charge on any atom is 0.442 e. The molecule has 0 aliphatic carbocycles. The highest BCUT2D eigenvalue weighted by molar-refractivity contribution is 5.98. The Hall–Kier alpha value is -2.16. The smallest absolute Gasteiger partial charge is 0.412 e. The van der Waals surface area contributed by atoms with Crippen molar-refractivity contribution in [1.29, 1.82) is 0 Å². The van der Waals surface area contributed by atoms with Crippen molar-refractivity contribution in [1.82, 2.24) is 10.2 Å². The molecule has 0 saturated carbocycles. The molecule has 0 atom stereocenters. The van der Waals surface area contributed by atoms with Crippen LogP contribution < -0.4 is 5.32 Å². The van der Waals surface area contributed by atoms with E-state index in [9.17, 15) is 10.1 Å². The number of hydrogen-bond acceptors (Lipinski definition) is 5. The van der Waals surface area contributed by atoms with Crippen molar-refractivity contribution in [2.24, 2.45) is 0 Å². The van der Waals surface area contributed by atoms with Crippen molar-refractivity contribution < 1.29 is 14.8 Å². The van der Waals surface area contributed by atoms with Crippen molar-refractivity contribution in [2.75, 3.05) is 26.2 Å². The van der Waals surface area contributed by atoms with E-state index in [0.29, 0.717) is 11.1 Å². The van der Waals surface area contributed by atoms with Crippen LogP contribution in [0.4, 0.5) is 5.88 Å². The summed E-state index contributed by atoms with van der Waals surface area (Å²) < 4.78 is 5.54. The monoisotopic (exact) mass is 471 g/mol. The van der Waals surface area contributed by atoms with Gasteiger partial charge in [-0.05, 0) is 55.9 Å². The number of nitro groups is 1. The first-order valence-electron chi connectivity index (χ1n) is 9.82. The van der Waals surface area contributed by atoms with Gasteiger partial charge in [0.1, 0.15) is 16.1 Å². The lowest BCUT2D eigenvalue weighted by atomic mass is 10.0. The first kappa shape index (κ1) is 28.8. The number of fused-ring (bicyclic) bond motifs is 1. The third-order valence-corrected chi connectivity index (χ3v) is 5.01. The molecule has 3 aromatic rings. The van der Waals surface area contributed by atoms with Gasteiger partial charge in [-0.1, -0.05) is 50.2 Å². The lowest BCUT2D eigenvalue weighted by Gasteiger charge is -2.17. The van der Waals surface area contributed by atoms with Crippen LogP contribution in [0.3, 0.4) is 0 Å². The molecule has 0 aliphatic rings. The van der Waals surface area contributed by atoms with Gasteiger partial charge in [-0.2, -0.15) is 0 Å². The fourth-order valence-corrected chi connectivity index (χ4v) is 3.45. The van der Waals surface area contributed by atoms with Gasteiger partial charge in [0.15, 0.2) is 0 Å². The van der Waals surface area contributed by atoms with Gasteiger partial charge < -0.3 is 20.1 Å². The molecule has 172 valence electrons. The molecule has 0 fully saturated rings. The molecule has 0 bridgehead atoms. The van der Waals surface area contributed by atoms with Gasteiger partial charge >= 0.3 is 5.88 Å². The van der Waals surface area contributed by atoms with Crippen molar-refractivity contribution in [3.63, 3.8) is 0 Å². The van der Waals surface area contributed by atoms with Crippen LogP contribution in [0.25, 0.3) is 22.1 Å². The number of halogens is 2. The first-order chi connectivity index (χ1) is 13.6. The molecular formula is C22H31Cl2N3O4. The normalized spacial score (nSPS) is 10.3. The molecule has 0 aliphatic heterocycles. The van der Waals surface area contributed by atoms with Crippen molar-refractivity contribution in [3.8, 4) is 11.1 Å². The lowest BCUT2D eigenvalue weighted by Crippen LogP contribution is -2.27. The number of nitrogens with zero attached hydrogens (tertiary/aromatic N) is 2. The van der Waals surface area contributed by atoms with E-state index in [4.69, 9.17) is 4.42 Å². The van der Waals surface area contributed by atoms with Crippen LogP contribution in [0, 0.1) is 10.1 Å². The number of benzene rings is 2. The zero-order valence-corrected chi connectivity index (χ0v) is 19.4. The van der Waals surface area contributed by atoms with Gasteiger partial charge in [-0.25, -0.2) is 0 Å². The summed E-state index contributed by atoms with van der Waals surface area (Å²) in [7, 11) is 0. The second-order valence-electron chi connectivity index (χ2n) is 6.79. The fourth-order valence-electron chi connectivity index (χ4n) is 3.45. The van der Waals surface area contributed by atoms with Crippen LogP contribution in [0.5, 0.6) is 0 Å². The summed E-state index contributed by atoms with van der Waals surface area (Å²) in [5.74, 6) is -0.203. The third-order valence-electron chi connectivity index (χ3n) is 5.01. The van der Waals surface area contributed by atoms with Gasteiger partial charge in [-0.15, -0.1) is 24.8 Å². The van der Waals surface area contributed by atoms with E-state index in [0.717, 1.165) is 55.7 Å². The van der Waals surface area contributed by atoms with E-state index < -0.39 is 4.92 Å². The predicted molar refractivity (Wildman–Crippen MR) is 131 cm³/mol. The lowest BCUT2D eigenvalue weighted by molar-refractivity contribution is -0.400. The molecule has 3 rings (SSSR count). The molecule has 2 aromatic carbocycles. The average Bonchev–Trinajstić information content (AvgIpc) is 3.10. The largest absolute Gasteiger partial charge is 0.442 e. The van der Waals surface area contributed by atoms with Crippen LogP contribution >= 0.6 is 24.8 Å². The molecule has 0 amide bonds. The highest BCUT2D eigenvalue weighted by atomic mass is 35.5. The average molecular weight is 472 g/mol. The van der Waals surface area contributed by atoms with E-state index in [1.165, 1.54) is 0 Å². The van der Waals surface area contributed by atoms with Gasteiger partial charge in [0.25, 0.3) is 0 Å². The molecule has 0 radical (unpaired) electrons. The summed E-state index contributed by atoms with van der Waals surface area (Å²) >= 11 is 0. The summed E-state index contributed by atoms with van der Waals surface area (Å²) in [6, 6.07) is 15.2. The highest BCUT2D eigenvalue weighted by Gasteiger charge is 2.25. The SMILES string of the molecule is CCN(CC)CCCNCc1ccc2oc([N+](=O)[O-])c(-c3ccccc3)c2c1.Cl.Cl.O. The zero-order chi connectivity index (χ0) is 19.9. The van der Waals surface area contributed by atoms with Crippen LogP contribution in [0.1, 0.15) is 25.8 Å². The second-order valence-corrected chi connectivity index (χ2v) is 6.79. The first-order valence-corrected chi connectivity index (χ1v) is 9.82. The summed E-state index contributed by atoms with van der Waals surface area (Å²) in [6.45, 7) is 9.27. The van der Waals surface area contributed by atoms with Crippen molar-refractivity contribution in [3.05, 3.63) is 64.2 Å². The van der Waals surface area contributed by atoms with Gasteiger partial charge in [0.2, 0.25) is 0 Å². The molecular weight excluding hydrogens is 441 g/mol. The van der Waals surface area contributed by atoms with E-state index in [2.05, 4.69) is 24.1 Å². The minimum Gasteiger partial charge on any atom is -0.412 e. The van der Waals surface area contributed by atoms with Crippen LogP contribution in [-0.2, 0) is 6.54 Å². The third kappa shape index (κ3) is 7.19. The van der Waals surface area contributed by atoms with Gasteiger partial charge in [0.05, 0.1) is 0 Å². The van der Waals surface area contributed by atoms with E-state index in [-0.39, 0.29) is 36.2 Å². The van der Waals surface area contributed by atoms with Gasteiger partial charge in [0, 0.05) is 11.9 Å². The Morgan fingerprint density at radius 1 is 1.06 bits per heavy atom. The minimum absolute atomic E-state index is 0. The number of rotatable bonds is 10. The molecule has 0 spiro atoms. The molecule has 7 nitrogen and oxygen atoms in total. The van der Waals surface area contributed by atoms with E-state index in [1.54, 1.807) is 0 Å². The quantitative estimate of drug-likeness (QED) is 0.258. The number of hydrogen-bond donors (Lipinski definition) is 1. The fraction of sp³-hybridized carbons (Fsp3) is 0.364. The van der Waals surface area contributed by atoms with Crippen molar-refractivity contribution >= 4 is 41.7 Å². The van der Waals surface area contributed by atoms with E-state index >= 15 is 0 Å². The van der Waals surface area contributed by atoms with E-state index in [1.807, 2.05) is 48.5 Å². The Labute approximate surface area is 195 Å². The summed E-state index contributed by atoms with van der Waals surface area (Å²) in [4.78, 5) is 13.4. The maximum absolute atomic E-state index is 11.5. The molecule has 9 heteroatoms. The molecule has 31 heavy (non-hydrogen) atoms. The topological polar surface area (TPSA) is 103 Å². The highest BCUT2D eigenvalue weighted by Crippen LogP contribution is 2.39. The molecule has 0 unspecified atom stereocenters. The minimum atomic E-state index is -0.451. The van der Waals surface area contributed by atoms with Crippen LogP contribution in [0.15, 0.2) is 52.9 Å². The molecule has 3 N–H and O–H groups in total. The standard InChI is InChI=1S/C22H27N3O3.2ClH.H2O/c1-3-24(4-2)14-8-13-23-16-17-11-12-20-19(15-17)21(22(28-20)25(26)27)18-9-6-5-7-10-18;;;/h5-7,9-12,15,23H,3-4,8,13-14,16H2,1-2H3;2*1H;1H2. The predicted octanol–water partition coefficient (Wildman–Crippen LogP) is 4.85. The number of furan rings is 1. The molecule has 1 heterocycles. The Bertz CT molecular complexity index is 931. The van der Waals surface area contributed by atoms with Crippen molar-refractivity contribution in [2.45, 2.75) is 26.8 Å². The van der Waals surface area contributed by atoms with Crippen LogP contribution in [-0.4, -0.2) is 41.5 Å². The Balaban J connectivity index is 0.00000300. The Kier molecular flexibility index (Phi) is 13.0. The molecule has 1 aromatic heterocycles. The molecule has 0 saturated heterocycles. The number of nitrogens with one attached hydrogen (secondary N) is 1. The van der Waals surface area contributed by atoms with Gasteiger partial charge in [-0.3, -0.25) is 10.1 Å². The second kappa shape index (κ2) is 14.0. The Morgan fingerprint density at radius 2 is 1.74 bits per heavy atom. The summed E-state index contributed by atoms with van der Waals surface area (Å²) in [5, 5.41) is 15.7. The van der Waals surface area contributed by atoms with Crippen LogP contribution in [0.2, 0.25) is 0 Å².